The van der Waals surface area contributed by atoms with E-state index in [1.165, 1.54) is 6.33 Å². The molecular formula is C11H16ClN3O2. The van der Waals surface area contributed by atoms with Gasteiger partial charge in [-0.05, 0) is 5.92 Å². The molecule has 0 bridgehead atoms. The Morgan fingerprint density at radius 2 is 2.24 bits per heavy atom. The van der Waals surface area contributed by atoms with Gasteiger partial charge in [0.25, 0.3) is 0 Å². The third-order valence-electron chi connectivity index (χ3n) is 2.43. The van der Waals surface area contributed by atoms with Gasteiger partial charge in [0.2, 0.25) is 0 Å². The largest absolute Gasteiger partial charge is 0.383 e. The fraction of sp³-hybridized carbons (Fsp3) is 0.545. The lowest BCUT2D eigenvalue weighted by molar-refractivity contribution is 0.112. The number of halogens is 1. The molecule has 6 heteroatoms. The summed E-state index contributed by atoms with van der Waals surface area (Å²) in [4.78, 5) is 18.7. The van der Waals surface area contributed by atoms with E-state index in [-0.39, 0.29) is 16.8 Å². The van der Waals surface area contributed by atoms with Gasteiger partial charge in [-0.25, -0.2) is 9.97 Å². The van der Waals surface area contributed by atoms with Crippen molar-refractivity contribution < 1.29 is 9.53 Å². The number of hydrogen-bond donors (Lipinski definition) is 1. The minimum Gasteiger partial charge on any atom is -0.383 e. The summed E-state index contributed by atoms with van der Waals surface area (Å²) in [6.07, 6.45) is 1.97. The predicted octanol–water partition coefficient (Wildman–Crippen LogP) is 2.03. The SMILES string of the molecule is COCC(Nc1ncnc(Cl)c1C=O)C(C)C. The van der Waals surface area contributed by atoms with Crippen molar-refractivity contribution in [1.29, 1.82) is 0 Å². The minimum atomic E-state index is 0.0599. The third-order valence-corrected chi connectivity index (χ3v) is 2.73. The molecule has 94 valence electrons. The molecule has 1 N–H and O–H groups in total. The third kappa shape index (κ3) is 3.64. The van der Waals surface area contributed by atoms with E-state index in [1.807, 2.05) is 0 Å². The van der Waals surface area contributed by atoms with Gasteiger partial charge in [-0.2, -0.15) is 0 Å². The fourth-order valence-corrected chi connectivity index (χ4v) is 1.53. The van der Waals surface area contributed by atoms with Gasteiger partial charge in [-0.1, -0.05) is 25.4 Å². The number of ether oxygens (including phenoxy) is 1. The number of nitrogens with one attached hydrogen (secondary N) is 1. The number of rotatable bonds is 6. The van der Waals surface area contributed by atoms with Crippen LogP contribution in [0, 0.1) is 5.92 Å². The molecule has 0 aliphatic carbocycles. The van der Waals surface area contributed by atoms with E-state index in [0.29, 0.717) is 24.6 Å². The molecule has 1 atom stereocenters. The van der Waals surface area contributed by atoms with Gasteiger partial charge in [-0.3, -0.25) is 4.79 Å². The number of nitrogens with zero attached hydrogens (tertiary/aromatic N) is 2. The predicted molar refractivity (Wildman–Crippen MR) is 66.6 cm³/mol. The summed E-state index contributed by atoms with van der Waals surface area (Å²) < 4.78 is 5.11. The van der Waals surface area contributed by atoms with Crippen LogP contribution in [0.4, 0.5) is 5.82 Å². The van der Waals surface area contributed by atoms with Crippen LogP contribution in [0.15, 0.2) is 6.33 Å². The van der Waals surface area contributed by atoms with Crippen molar-refractivity contribution in [3.05, 3.63) is 17.0 Å². The van der Waals surface area contributed by atoms with Crippen molar-refractivity contribution in [2.45, 2.75) is 19.9 Å². The summed E-state index contributed by atoms with van der Waals surface area (Å²) in [5.74, 6) is 0.777. The zero-order valence-electron chi connectivity index (χ0n) is 10.1. The van der Waals surface area contributed by atoms with E-state index in [2.05, 4.69) is 29.1 Å². The van der Waals surface area contributed by atoms with Crippen LogP contribution in [0.25, 0.3) is 0 Å². The number of methoxy groups -OCH3 is 1. The van der Waals surface area contributed by atoms with Gasteiger partial charge in [0, 0.05) is 7.11 Å². The summed E-state index contributed by atoms with van der Waals surface area (Å²) in [7, 11) is 1.63. The van der Waals surface area contributed by atoms with Crippen LogP contribution in [0.5, 0.6) is 0 Å². The van der Waals surface area contributed by atoms with Crippen LogP contribution in [0.3, 0.4) is 0 Å². The van der Waals surface area contributed by atoms with Crippen LogP contribution >= 0.6 is 11.6 Å². The number of carbonyl (C=O) groups excluding carboxylic acids is 1. The molecule has 0 aliphatic heterocycles. The highest BCUT2D eigenvalue weighted by Gasteiger charge is 2.17. The van der Waals surface area contributed by atoms with E-state index >= 15 is 0 Å². The van der Waals surface area contributed by atoms with Crippen molar-refractivity contribution >= 4 is 23.7 Å². The molecule has 1 heterocycles. The van der Waals surface area contributed by atoms with Crippen molar-refractivity contribution in [3.63, 3.8) is 0 Å². The second kappa shape index (κ2) is 6.51. The normalized spacial score (nSPS) is 12.5. The highest BCUT2D eigenvalue weighted by molar-refractivity contribution is 6.32. The summed E-state index contributed by atoms with van der Waals surface area (Å²) in [6.45, 7) is 4.64. The Morgan fingerprint density at radius 3 is 2.76 bits per heavy atom. The Labute approximate surface area is 106 Å². The molecule has 0 aliphatic rings. The molecular weight excluding hydrogens is 242 g/mol. The molecule has 0 radical (unpaired) electrons. The maximum absolute atomic E-state index is 10.9. The molecule has 17 heavy (non-hydrogen) atoms. The molecule has 5 nitrogen and oxygen atoms in total. The standard InChI is InChI=1S/C11H16ClN3O2/c1-7(2)9(5-17-3)15-11-8(4-16)10(12)13-6-14-11/h4,6-7,9H,5H2,1-3H3,(H,13,14,15). The van der Waals surface area contributed by atoms with Crippen molar-refractivity contribution in [2.24, 2.45) is 5.92 Å². The highest BCUT2D eigenvalue weighted by Crippen LogP contribution is 2.19. The number of aldehydes is 1. The van der Waals surface area contributed by atoms with Gasteiger partial charge in [0.15, 0.2) is 6.29 Å². The van der Waals surface area contributed by atoms with Crippen LogP contribution in [0.1, 0.15) is 24.2 Å². The summed E-state index contributed by atoms with van der Waals surface area (Å²) in [5, 5.41) is 3.30. The minimum absolute atomic E-state index is 0.0599. The lowest BCUT2D eigenvalue weighted by Gasteiger charge is -2.22. The summed E-state index contributed by atoms with van der Waals surface area (Å²) >= 11 is 5.82. The first-order valence-corrected chi connectivity index (χ1v) is 5.69. The lowest BCUT2D eigenvalue weighted by atomic mass is 10.1. The molecule has 1 rings (SSSR count). The molecule has 0 spiro atoms. The number of hydrogen-bond acceptors (Lipinski definition) is 5. The average Bonchev–Trinajstić information content (AvgIpc) is 2.28. The zero-order chi connectivity index (χ0) is 12.8. The molecule has 1 aromatic heterocycles. The van der Waals surface area contributed by atoms with Gasteiger partial charge in [0.05, 0.1) is 18.2 Å². The van der Waals surface area contributed by atoms with Crippen LogP contribution < -0.4 is 5.32 Å². The van der Waals surface area contributed by atoms with Gasteiger partial charge >= 0.3 is 0 Å². The summed E-state index contributed by atoms with van der Waals surface area (Å²) in [6, 6.07) is 0.0599. The smallest absolute Gasteiger partial charge is 0.156 e. The molecule has 0 saturated heterocycles. The quantitative estimate of drug-likeness (QED) is 0.624. The monoisotopic (exact) mass is 257 g/mol. The van der Waals surface area contributed by atoms with Crippen molar-refractivity contribution in [3.8, 4) is 0 Å². The Morgan fingerprint density at radius 1 is 1.53 bits per heavy atom. The second-order valence-electron chi connectivity index (χ2n) is 3.99. The maximum atomic E-state index is 10.9. The van der Waals surface area contributed by atoms with Gasteiger partial charge in [-0.15, -0.1) is 0 Å². The molecule has 1 unspecified atom stereocenters. The average molecular weight is 258 g/mol. The molecule has 0 aromatic carbocycles. The van der Waals surface area contributed by atoms with Crippen LogP contribution in [-0.4, -0.2) is 36.0 Å². The number of aromatic nitrogens is 2. The summed E-state index contributed by atoms with van der Waals surface area (Å²) in [5.41, 5.74) is 0.274. The Hall–Kier alpha value is -1.20. The van der Waals surface area contributed by atoms with Crippen molar-refractivity contribution in [2.75, 3.05) is 19.0 Å². The molecule has 1 aromatic rings. The van der Waals surface area contributed by atoms with Crippen molar-refractivity contribution in [1.82, 2.24) is 9.97 Å². The second-order valence-corrected chi connectivity index (χ2v) is 4.35. The van der Waals surface area contributed by atoms with Crippen LogP contribution in [0.2, 0.25) is 5.15 Å². The van der Waals surface area contributed by atoms with Crippen LogP contribution in [-0.2, 0) is 4.74 Å². The molecule has 0 saturated carbocycles. The number of anilines is 1. The maximum Gasteiger partial charge on any atom is 0.156 e. The van der Waals surface area contributed by atoms with E-state index in [0.717, 1.165) is 0 Å². The fourth-order valence-electron chi connectivity index (χ4n) is 1.35. The van der Waals surface area contributed by atoms with Gasteiger partial charge < -0.3 is 10.1 Å². The lowest BCUT2D eigenvalue weighted by Crippen LogP contribution is -2.31. The molecule has 0 amide bonds. The Bertz CT molecular complexity index is 385. The number of carbonyl (C=O) groups is 1. The topological polar surface area (TPSA) is 64.1 Å². The Kier molecular flexibility index (Phi) is 5.31. The van der Waals surface area contributed by atoms with E-state index in [4.69, 9.17) is 16.3 Å². The van der Waals surface area contributed by atoms with E-state index < -0.39 is 0 Å². The molecule has 0 fully saturated rings. The van der Waals surface area contributed by atoms with E-state index in [9.17, 15) is 4.79 Å². The van der Waals surface area contributed by atoms with E-state index in [1.54, 1.807) is 7.11 Å². The Balaban J connectivity index is 2.92. The van der Waals surface area contributed by atoms with Gasteiger partial charge in [0.1, 0.15) is 17.3 Å². The zero-order valence-corrected chi connectivity index (χ0v) is 10.9. The highest BCUT2D eigenvalue weighted by atomic mass is 35.5. The first-order chi connectivity index (χ1) is 8.10. The first-order valence-electron chi connectivity index (χ1n) is 5.31. The first kappa shape index (κ1) is 13.9.